The Morgan fingerprint density at radius 2 is 1.67 bits per heavy atom. The van der Waals surface area contributed by atoms with Crippen LogP contribution in [0.5, 0.6) is 0 Å². The molecule has 1 atom stereocenters. The van der Waals surface area contributed by atoms with Gasteiger partial charge in [0.1, 0.15) is 17.2 Å². The highest BCUT2D eigenvalue weighted by molar-refractivity contribution is 6.30. The molecular formula is C14H11ClF2O. The minimum atomic E-state index is -1.54. The average molecular weight is 269 g/mol. The number of hydrogen-bond donors (Lipinski definition) is 1. The Morgan fingerprint density at radius 3 is 2.22 bits per heavy atom. The molecule has 2 aromatic carbocycles. The van der Waals surface area contributed by atoms with Crippen molar-refractivity contribution in [1.29, 1.82) is 0 Å². The summed E-state index contributed by atoms with van der Waals surface area (Å²) in [5.74, 6) is -1.01. The van der Waals surface area contributed by atoms with E-state index in [-0.39, 0.29) is 10.6 Å². The van der Waals surface area contributed by atoms with Crippen molar-refractivity contribution in [3.05, 3.63) is 70.2 Å². The lowest BCUT2D eigenvalue weighted by Gasteiger charge is -2.25. The quantitative estimate of drug-likeness (QED) is 0.876. The third-order valence-corrected chi connectivity index (χ3v) is 3.10. The van der Waals surface area contributed by atoms with E-state index in [9.17, 15) is 13.9 Å². The third kappa shape index (κ3) is 2.37. The van der Waals surface area contributed by atoms with Gasteiger partial charge in [0.15, 0.2) is 0 Å². The largest absolute Gasteiger partial charge is 0.381 e. The molecule has 2 aromatic rings. The molecule has 0 radical (unpaired) electrons. The maximum Gasteiger partial charge on any atom is 0.131 e. The summed E-state index contributed by atoms with van der Waals surface area (Å²) in [4.78, 5) is 0. The molecule has 1 unspecified atom stereocenters. The molecule has 0 saturated heterocycles. The molecule has 1 N–H and O–H groups in total. The first kappa shape index (κ1) is 13.0. The molecular weight excluding hydrogens is 258 g/mol. The van der Waals surface area contributed by atoms with Crippen LogP contribution in [-0.2, 0) is 5.60 Å². The molecule has 0 aliphatic heterocycles. The predicted octanol–water partition coefficient (Wildman–Crippen LogP) is 3.87. The number of hydrogen-bond acceptors (Lipinski definition) is 1. The highest BCUT2D eigenvalue weighted by atomic mass is 35.5. The zero-order chi connectivity index (χ0) is 13.3. The standard InChI is InChI=1S/C14H11ClF2O/c1-14(18,9-2-5-11(16)6-3-9)12-7-4-10(15)8-13(12)17/h2-8,18H,1H3. The number of aliphatic hydroxyl groups is 1. The molecule has 1 nitrogen and oxygen atoms in total. The Balaban J connectivity index is 2.50. The second-order valence-electron chi connectivity index (χ2n) is 4.20. The van der Waals surface area contributed by atoms with E-state index in [4.69, 9.17) is 11.6 Å². The van der Waals surface area contributed by atoms with Crippen molar-refractivity contribution in [1.82, 2.24) is 0 Å². The summed E-state index contributed by atoms with van der Waals surface area (Å²) >= 11 is 5.66. The van der Waals surface area contributed by atoms with Gasteiger partial charge in [-0.1, -0.05) is 29.8 Å². The van der Waals surface area contributed by atoms with Crippen LogP contribution in [0, 0.1) is 11.6 Å². The van der Waals surface area contributed by atoms with Gasteiger partial charge in [-0.05, 0) is 36.8 Å². The van der Waals surface area contributed by atoms with Crippen LogP contribution in [0.1, 0.15) is 18.1 Å². The van der Waals surface area contributed by atoms with Gasteiger partial charge in [0, 0.05) is 10.6 Å². The van der Waals surface area contributed by atoms with Gasteiger partial charge < -0.3 is 5.11 Å². The van der Waals surface area contributed by atoms with Crippen molar-refractivity contribution >= 4 is 11.6 Å². The number of halogens is 3. The lowest BCUT2D eigenvalue weighted by atomic mass is 9.88. The molecule has 18 heavy (non-hydrogen) atoms. The van der Waals surface area contributed by atoms with Crippen LogP contribution in [-0.4, -0.2) is 5.11 Å². The molecule has 0 aliphatic rings. The molecule has 0 spiro atoms. The van der Waals surface area contributed by atoms with Crippen LogP contribution in [0.2, 0.25) is 5.02 Å². The normalized spacial score (nSPS) is 14.3. The Hall–Kier alpha value is -1.45. The first-order valence-electron chi connectivity index (χ1n) is 5.35. The van der Waals surface area contributed by atoms with Crippen molar-refractivity contribution in [2.75, 3.05) is 0 Å². The molecule has 0 aliphatic carbocycles. The van der Waals surface area contributed by atoms with E-state index in [1.54, 1.807) is 0 Å². The van der Waals surface area contributed by atoms with Crippen LogP contribution in [0.4, 0.5) is 8.78 Å². The molecule has 0 amide bonds. The van der Waals surface area contributed by atoms with Gasteiger partial charge in [0.25, 0.3) is 0 Å². The zero-order valence-electron chi connectivity index (χ0n) is 9.62. The van der Waals surface area contributed by atoms with E-state index in [1.807, 2.05) is 0 Å². The summed E-state index contributed by atoms with van der Waals surface area (Å²) in [6.45, 7) is 1.45. The average Bonchev–Trinajstić information content (AvgIpc) is 2.29. The summed E-state index contributed by atoms with van der Waals surface area (Å²) in [5.41, 5.74) is -1.04. The van der Waals surface area contributed by atoms with Gasteiger partial charge in [-0.3, -0.25) is 0 Å². The highest BCUT2D eigenvalue weighted by Gasteiger charge is 2.28. The smallest absolute Gasteiger partial charge is 0.131 e. The Bertz CT molecular complexity index is 565. The lowest BCUT2D eigenvalue weighted by Crippen LogP contribution is -2.24. The molecule has 0 heterocycles. The minimum absolute atomic E-state index is 0.0958. The molecule has 4 heteroatoms. The van der Waals surface area contributed by atoms with Gasteiger partial charge >= 0.3 is 0 Å². The summed E-state index contributed by atoms with van der Waals surface area (Å²) in [6, 6.07) is 9.33. The van der Waals surface area contributed by atoms with E-state index in [0.29, 0.717) is 5.56 Å². The van der Waals surface area contributed by atoms with Crippen molar-refractivity contribution in [2.45, 2.75) is 12.5 Å². The molecule has 0 fully saturated rings. The lowest BCUT2D eigenvalue weighted by molar-refractivity contribution is 0.0979. The molecule has 0 saturated carbocycles. The van der Waals surface area contributed by atoms with Gasteiger partial charge in [-0.25, -0.2) is 8.78 Å². The Morgan fingerprint density at radius 1 is 1.06 bits per heavy atom. The van der Waals surface area contributed by atoms with Crippen molar-refractivity contribution < 1.29 is 13.9 Å². The SMILES string of the molecule is CC(O)(c1ccc(F)cc1)c1ccc(Cl)cc1F. The fourth-order valence-corrected chi connectivity index (χ4v) is 1.97. The minimum Gasteiger partial charge on any atom is -0.381 e. The number of rotatable bonds is 2. The Kier molecular flexibility index (Phi) is 3.37. The van der Waals surface area contributed by atoms with Crippen LogP contribution in [0.3, 0.4) is 0 Å². The van der Waals surface area contributed by atoms with Crippen LogP contribution in [0.15, 0.2) is 42.5 Å². The molecule has 0 bridgehead atoms. The van der Waals surface area contributed by atoms with Gasteiger partial charge in [0.05, 0.1) is 0 Å². The van der Waals surface area contributed by atoms with Crippen LogP contribution < -0.4 is 0 Å². The van der Waals surface area contributed by atoms with Crippen LogP contribution >= 0.6 is 11.6 Å². The summed E-state index contributed by atoms with van der Waals surface area (Å²) in [5, 5.41) is 10.7. The second kappa shape index (κ2) is 4.67. The predicted molar refractivity (Wildman–Crippen MR) is 66.5 cm³/mol. The topological polar surface area (TPSA) is 20.2 Å². The molecule has 0 aromatic heterocycles. The highest BCUT2D eigenvalue weighted by Crippen LogP contribution is 2.32. The van der Waals surface area contributed by atoms with Crippen molar-refractivity contribution in [3.63, 3.8) is 0 Å². The van der Waals surface area contributed by atoms with Gasteiger partial charge in [-0.2, -0.15) is 0 Å². The molecule has 2 rings (SSSR count). The summed E-state index contributed by atoms with van der Waals surface area (Å²) < 4.78 is 26.6. The summed E-state index contributed by atoms with van der Waals surface area (Å²) in [7, 11) is 0. The van der Waals surface area contributed by atoms with E-state index in [2.05, 4.69) is 0 Å². The van der Waals surface area contributed by atoms with Crippen molar-refractivity contribution in [2.24, 2.45) is 0 Å². The van der Waals surface area contributed by atoms with Gasteiger partial charge in [0.2, 0.25) is 0 Å². The molecule has 94 valence electrons. The Labute approximate surface area is 109 Å². The van der Waals surface area contributed by atoms with E-state index >= 15 is 0 Å². The van der Waals surface area contributed by atoms with E-state index < -0.39 is 17.2 Å². The maximum atomic E-state index is 13.8. The monoisotopic (exact) mass is 268 g/mol. The first-order valence-corrected chi connectivity index (χ1v) is 5.73. The fraction of sp³-hybridized carbons (Fsp3) is 0.143. The third-order valence-electron chi connectivity index (χ3n) is 2.86. The fourth-order valence-electron chi connectivity index (χ4n) is 1.81. The van der Waals surface area contributed by atoms with Crippen molar-refractivity contribution in [3.8, 4) is 0 Å². The summed E-state index contributed by atoms with van der Waals surface area (Å²) in [6.07, 6.45) is 0. The van der Waals surface area contributed by atoms with Gasteiger partial charge in [-0.15, -0.1) is 0 Å². The number of benzene rings is 2. The van der Waals surface area contributed by atoms with E-state index in [1.165, 1.54) is 43.3 Å². The zero-order valence-corrected chi connectivity index (χ0v) is 10.4. The van der Waals surface area contributed by atoms with E-state index in [0.717, 1.165) is 6.07 Å². The second-order valence-corrected chi connectivity index (χ2v) is 4.64. The maximum absolute atomic E-state index is 13.8. The van der Waals surface area contributed by atoms with Crippen LogP contribution in [0.25, 0.3) is 0 Å². The first-order chi connectivity index (χ1) is 8.41.